The molecule has 1 fully saturated rings. The molecule has 24 heavy (non-hydrogen) atoms. The fraction of sp³-hybridized carbons (Fsp3) is 0.389. The molecule has 3 heterocycles. The van der Waals surface area contributed by atoms with Crippen molar-refractivity contribution in [2.45, 2.75) is 31.7 Å². The number of carbonyl (C=O) groups excluding carboxylic acids is 1. The van der Waals surface area contributed by atoms with E-state index in [0.29, 0.717) is 6.42 Å². The van der Waals surface area contributed by atoms with E-state index in [1.807, 2.05) is 40.9 Å². The largest absolute Gasteiger partial charge is 0.361 e. The number of amides is 1. The van der Waals surface area contributed by atoms with E-state index in [2.05, 4.69) is 21.2 Å². The molecule has 0 saturated carbocycles. The van der Waals surface area contributed by atoms with Crippen molar-refractivity contribution in [3.63, 3.8) is 0 Å². The van der Waals surface area contributed by atoms with Crippen molar-refractivity contribution in [1.82, 2.24) is 24.6 Å². The standard InChI is InChI=1S/C18H21N5O/c1-22-12-20-21-18(22)16-8-4-5-9-23(16)17(24)10-13-11-19-15-7-3-2-6-14(13)15/h2-3,6-7,11-12,16,19H,4-5,8-10H2,1H3. The summed E-state index contributed by atoms with van der Waals surface area (Å²) in [5, 5.41) is 9.33. The predicted molar refractivity (Wildman–Crippen MR) is 91.3 cm³/mol. The highest BCUT2D eigenvalue weighted by molar-refractivity contribution is 5.89. The first kappa shape index (κ1) is 14.9. The van der Waals surface area contributed by atoms with Crippen LogP contribution in [0.25, 0.3) is 10.9 Å². The third-order valence-electron chi connectivity index (χ3n) is 4.88. The highest BCUT2D eigenvalue weighted by atomic mass is 16.2. The van der Waals surface area contributed by atoms with Crippen LogP contribution in [0.2, 0.25) is 0 Å². The Hall–Kier alpha value is -2.63. The topological polar surface area (TPSA) is 66.8 Å². The molecule has 6 heteroatoms. The van der Waals surface area contributed by atoms with Crippen molar-refractivity contribution >= 4 is 16.8 Å². The Balaban J connectivity index is 1.59. The molecular weight excluding hydrogens is 302 g/mol. The maximum atomic E-state index is 13.0. The van der Waals surface area contributed by atoms with E-state index in [9.17, 15) is 4.79 Å². The van der Waals surface area contributed by atoms with Crippen LogP contribution < -0.4 is 0 Å². The summed E-state index contributed by atoms with van der Waals surface area (Å²) in [7, 11) is 1.94. The number of rotatable bonds is 3. The number of likely N-dealkylation sites (tertiary alicyclic amines) is 1. The fourth-order valence-electron chi connectivity index (χ4n) is 3.63. The lowest BCUT2D eigenvalue weighted by atomic mass is 10.00. The number of nitrogens with zero attached hydrogens (tertiary/aromatic N) is 4. The lowest BCUT2D eigenvalue weighted by molar-refractivity contribution is -0.134. The van der Waals surface area contributed by atoms with E-state index in [4.69, 9.17) is 0 Å². The van der Waals surface area contributed by atoms with Crippen LogP contribution in [0, 0.1) is 0 Å². The number of aryl methyl sites for hydroxylation is 1. The number of carbonyl (C=O) groups is 1. The lowest BCUT2D eigenvalue weighted by Crippen LogP contribution is -2.40. The molecule has 4 rings (SSSR count). The first-order chi connectivity index (χ1) is 11.7. The fourth-order valence-corrected chi connectivity index (χ4v) is 3.63. The van der Waals surface area contributed by atoms with Crippen LogP contribution in [0.4, 0.5) is 0 Å². The van der Waals surface area contributed by atoms with Gasteiger partial charge in [-0.25, -0.2) is 0 Å². The molecule has 0 spiro atoms. The summed E-state index contributed by atoms with van der Waals surface area (Å²) >= 11 is 0. The highest BCUT2D eigenvalue weighted by Crippen LogP contribution is 2.30. The van der Waals surface area contributed by atoms with Gasteiger partial charge >= 0.3 is 0 Å². The molecule has 1 aliphatic rings. The first-order valence-electron chi connectivity index (χ1n) is 8.42. The second-order valence-corrected chi connectivity index (χ2v) is 6.44. The SMILES string of the molecule is Cn1cnnc1C1CCCCN1C(=O)Cc1c[nH]c2ccccc12. The third kappa shape index (κ3) is 2.58. The molecule has 1 N–H and O–H groups in total. The second-order valence-electron chi connectivity index (χ2n) is 6.44. The maximum Gasteiger partial charge on any atom is 0.227 e. The van der Waals surface area contributed by atoms with Crippen LogP contribution in [0.1, 0.15) is 36.7 Å². The van der Waals surface area contributed by atoms with E-state index >= 15 is 0 Å². The Kier molecular flexibility index (Phi) is 3.80. The zero-order valence-electron chi connectivity index (χ0n) is 13.8. The van der Waals surface area contributed by atoms with Gasteiger partial charge < -0.3 is 14.5 Å². The molecule has 1 aliphatic heterocycles. The number of aromatic amines is 1. The van der Waals surface area contributed by atoms with Crippen LogP contribution in [0.15, 0.2) is 36.8 Å². The average molecular weight is 323 g/mol. The van der Waals surface area contributed by atoms with Crippen molar-refractivity contribution in [2.24, 2.45) is 7.05 Å². The Morgan fingerprint density at radius 1 is 1.33 bits per heavy atom. The molecular formula is C18H21N5O. The van der Waals surface area contributed by atoms with Crippen LogP contribution >= 0.6 is 0 Å². The van der Waals surface area contributed by atoms with Crippen LogP contribution in [-0.4, -0.2) is 37.1 Å². The summed E-state index contributed by atoms with van der Waals surface area (Å²) in [5.74, 6) is 1.04. The Morgan fingerprint density at radius 2 is 2.21 bits per heavy atom. The number of para-hydroxylation sites is 1. The second kappa shape index (κ2) is 6.11. The minimum Gasteiger partial charge on any atom is -0.361 e. The molecule has 1 saturated heterocycles. The van der Waals surface area contributed by atoms with E-state index in [1.54, 1.807) is 6.33 Å². The Bertz CT molecular complexity index is 865. The molecule has 1 unspecified atom stereocenters. The maximum absolute atomic E-state index is 13.0. The van der Waals surface area contributed by atoms with Gasteiger partial charge in [0.25, 0.3) is 0 Å². The van der Waals surface area contributed by atoms with Gasteiger partial charge in [-0.1, -0.05) is 18.2 Å². The number of aromatic nitrogens is 4. The molecule has 1 atom stereocenters. The van der Waals surface area contributed by atoms with Crippen molar-refractivity contribution in [1.29, 1.82) is 0 Å². The van der Waals surface area contributed by atoms with Gasteiger partial charge in [0.15, 0.2) is 5.82 Å². The number of nitrogens with one attached hydrogen (secondary N) is 1. The first-order valence-corrected chi connectivity index (χ1v) is 8.42. The smallest absolute Gasteiger partial charge is 0.227 e. The van der Waals surface area contributed by atoms with Gasteiger partial charge in [0.2, 0.25) is 5.91 Å². The van der Waals surface area contributed by atoms with Crippen molar-refractivity contribution in [2.75, 3.05) is 6.54 Å². The van der Waals surface area contributed by atoms with E-state index in [-0.39, 0.29) is 11.9 Å². The normalized spacial score (nSPS) is 18.2. The predicted octanol–water partition coefficient (Wildman–Crippen LogP) is 2.59. The molecule has 1 amide bonds. The number of hydrogen-bond acceptors (Lipinski definition) is 3. The Labute approximate surface area is 140 Å². The third-order valence-corrected chi connectivity index (χ3v) is 4.88. The quantitative estimate of drug-likeness (QED) is 0.805. The van der Waals surface area contributed by atoms with E-state index in [0.717, 1.165) is 48.1 Å². The summed E-state index contributed by atoms with van der Waals surface area (Å²) in [4.78, 5) is 18.2. The summed E-state index contributed by atoms with van der Waals surface area (Å²) in [6.45, 7) is 0.790. The number of hydrogen-bond donors (Lipinski definition) is 1. The van der Waals surface area contributed by atoms with Crippen LogP contribution in [0.3, 0.4) is 0 Å². The van der Waals surface area contributed by atoms with Crippen molar-refractivity contribution in [3.05, 3.63) is 48.2 Å². The van der Waals surface area contributed by atoms with E-state index < -0.39 is 0 Å². The zero-order chi connectivity index (χ0) is 16.5. The number of fused-ring (bicyclic) bond motifs is 1. The van der Waals surface area contributed by atoms with Crippen molar-refractivity contribution in [3.8, 4) is 0 Å². The van der Waals surface area contributed by atoms with Gasteiger partial charge in [-0.15, -0.1) is 10.2 Å². The van der Waals surface area contributed by atoms with Gasteiger partial charge in [-0.05, 0) is 30.9 Å². The number of piperidine rings is 1. The van der Waals surface area contributed by atoms with Gasteiger partial charge in [0.05, 0.1) is 12.5 Å². The van der Waals surface area contributed by atoms with Crippen LogP contribution in [0.5, 0.6) is 0 Å². The summed E-state index contributed by atoms with van der Waals surface area (Å²) in [5.41, 5.74) is 2.13. The van der Waals surface area contributed by atoms with Gasteiger partial charge in [-0.2, -0.15) is 0 Å². The monoisotopic (exact) mass is 323 g/mol. The van der Waals surface area contributed by atoms with E-state index in [1.165, 1.54) is 0 Å². The van der Waals surface area contributed by atoms with Crippen molar-refractivity contribution < 1.29 is 4.79 Å². The number of benzene rings is 1. The van der Waals surface area contributed by atoms with Crippen LogP contribution in [-0.2, 0) is 18.3 Å². The molecule has 0 bridgehead atoms. The molecule has 1 aromatic carbocycles. The Morgan fingerprint density at radius 3 is 3.04 bits per heavy atom. The summed E-state index contributed by atoms with van der Waals surface area (Å²) < 4.78 is 1.92. The highest BCUT2D eigenvalue weighted by Gasteiger charge is 2.31. The lowest BCUT2D eigenvalue weighted by Gasteiger charge is -2.35. The van der Waals surface area contributed by atoms with Gasteiger partial charge in [-0.3, -0.25) is 4.79 Å². The number of H-pyrrole nitrogens is 1. The molecule has 0 radical (unpaired) electrons. The molecule has 6 nitrogen and oxygen atoms in total. The summed E-state index contributed by atoms with van der Waals surface area (Å²) in [6, 6.07) is 8.13. The van der Waals surface area contributed by atoms with Gasteiger partial charge in [0, 0.05) is 30.7 Å². The average Bonchev–Trinajstić information content (AvgIpc) is 3.21. The van der Waals surface area contributed by atoms with Gasteiger partial charge in [0.1, 0.15) is 6.33 Å². The minimum absolute atomic E-state index is 0.0314. The zero-order valence-corrected chi connectivity index (χ0v) is 13.8. The summed E-state index contributed by atoms with van der Waals surface area (Å²) in [6.07, 6.45) is 7.18. The molecule has 2 aromatic heterocycles. The molecule has 3 aromatic rings. The molecule has 124 valence electrons. The molecule has 0 aliphatic carbocycles. The minimum atomic E-state index is 0.0314.